The maximum atomic E-state index is 11.4. The van der Waals surface area contributed by atoms with Crippen molar-refractivity contribution in [1.29, 1.82) is 0 Å². The topological polar surface area (TPSA) is 91.0 Å². The van der Waals surface area contributed by atoms with Crippen LogP contribution in [0.15, 0.2) is 28.9 Å². The van der Waals surface area contributed by atoms with E-state index in [2.05, 4.69) is 0 Å². The van der Waals surface area contributed by atoms with Crippen molar-refractivity contribution in [1.82, 2.24) is 4.90 Å². The Morgan fingerprint density at radius 2 is 2.00 bits per heavy atom. The molecule has 0 saturated carbocycles. The average Bonchev–Trinajstić information content (AvgIpc) is 2.90. The maximum Gasteiger partial charge on any atom is 0.317 e. The summed E-state index contributed by atoms with van der Waals surface area (Å²) in [5, 5.41) is 17.6. The molecule has 0 aromatic carbocycles. The first kappa shape index (κ1) is 14.7. The molecule has 6 nitrogen and oxygen atoms in total. The number of rotatable bonds is 4. The summed E-state index contributed by atoms with van der Waals surface area (Å²) in [5.74, 6) is -2.70. The maximum absolute atomic E-state index is 11.4. The van der Waals surface area contributed by atoms with Gasteiger partial charge < -0.3 is 19.5 Å². The monoisotopic (exact) mass is 297 g/mol. The summed E-state index contributed by atoms with van der Waals surface area (Å²) in [6.07, 6.45) is 3.25. The van der Waals surface area contributed by atoms with Crippen molar-refractivity contribution in [3.05, 3.63) is 30.2 Å². The molecule has 1 aromatic heterocycles. The van der Waals surface area contributed by atoms with Gasteiger partial charge in [0.2, 0.25) is 0 Å². The van der Waals surface area contributed by atoms with Gasteiger partial charge in [0, 0.05) is 10.9 Å². The normalized spacial score (nSPS) is 26.4. The van der Waals surface area contributed by atoms with Gasteiger partial charge in [-0.05, 0) is 32.3 Å². The van der Waals surface area contributed by atoms with Crippen LogP contribution in [0.1, 0.15) is 5.76 Å². The van der Waals surface area contributed by atoms with Gasteiger partial charge in [0.25, 0.3) is 0 Å². The van der Waals surface area contributed by atoms with Crippen LogP contribution in [0.25, 0.3) is 4.91 Å². The Morgan fingerprint density at radius 1 is 1.30 bits per heavy atom. The van der Waals surface area contributed by atoms with E-state index < -0.39 is 29.1 Å². The number of hydrogen-bond acceptors (Lipinski definition) is 5. The second-order valence-electron chi connectivity index (χ2n) is 4.70. The minimum atomic E-state index is -1.13. The van der Waals surface area contributed by atoms with Crippen molar-refractivity contribution in [2.75, 3.05) is 14.1 Å². The Bertz CT molecular complexity index is 537. The Hall–Kier alpha value is -1.73. The summed E-state index contributed by atoms with van der Waals surface area (Å²) < 4.78 is 5.28. The number of furan rings is 1. The van der Waals surface area contributed by atoms with E-state index in [1.165, 1.54) is 6.26 Å². The summed E-state index contributed by atoms with van der Waals surface area (Å²) >= 11 is 1.02. The standard InChI is InChI=1S/C13H15NO5S/c1-14(2)7-6-9(8-4-3-5-19-8)20-11(13(17)18)10(7)12(15)16/h3-7,10-11H,1-2H3,(H,15,16)(H,17,18)/t7-,10-,11+/m1/s1. The summed E-state index contributed by atoms with van der Waals surface area (Å²) in [6, 6.07) is 2.93. The molecule has 2 N–H and O–H groups in total. The lowest BCUT2D eigenvalue weighted by Crippen LogP contribution is -2.48. The number of aliphatic carboxylic acids is 2. The van der Waals surface area contributed by atoms with Gasteiger partial charge in [-0.2, -0.15) is 0 Å². The smallest absolute Gasteiger partial charge is 0.317 e. The lowest BCUT2D eigenvalue weighted by Gasteiger charge is -2.35. The summed E-state index contributed by atoms with van der Waals surface area (Å²) in [5.41, 5.74) is 0. The molecule has 7 heteroatoms. The molecule has 0 unspecified atom stereocenters. The molecule has 2 heterocycles. The van der Waals surface area contributed by atoms with Crippen LogP contribution in [-0.2, 0) is 9.59 Å². The Kier molecular flexibility index (Phi) is 4.20. The van der Waals surface area contributed by atoms with Crippen LogP contribution in [0.3, 0.4) is 0 Å². The van der Waals surface area contributed by atoms with Crippen molar-refractivity contribution in [2.45, 2.75) is 11.3 Å². The Labute approximate surface area is 120 Å². The van der Waals surface area contributed by atoms with E-state index in [1.807, 2.05) is 0 Å². The fraction of sp³-hybridized carbons (Fsp3) is 0.385. The SMILES string of the molecule is CN(C)[C@@H]1C=C(c2ccco2)S[C@H](C(=O)O)[C@@H]1C(=O)O. The molecule has 108 valence electrons. The fourth-order valence-corrected chi connectivity index (χ4v) is 3.44. The van der Waals surface area contributed by atoms with Gasteiger partial charge in [-0.25, -0.2) is 0 Å². The summed E-state index contributed by atoms with van der Waals surface area (Å²) in [4.78, 5) is 25.2. The minimum absolute atomic E-state index is 0.505. The number of carboxylic acid groups (broad SMARTS) is 2. The first-order valence-corrected chi connectivity index (χ1v) is 6.84. The van der Waals surface area contributed by atoms with Gasteiger partial charge in [-0.1, -0.05) is 0 Å². The van der Waals surface area contributed by atoms with Crippen LogP contribution >= 0.6 is 11.8 Å². The van der Waals surface area contributed by atoms with Crippen molar-refractivity contribution >= 4 is 28.6 Å². The van der Waals surface area contributed by atoms with Crippen molar-refractivity contribution < 1.29 is 24.2 Å². The zero-order chi connectivity index (χ0) is 14.9. The Balaban J connectivity index is 2.45. The number of hydrogen-bond donors (Lipinski definition) is 2. The average molecular weight is 297 g/mol. The highest BCUT2D eigenvalue weighted by molar-refractivity contribution is 8.09. The van der Waals surface area contributed by atoms with E-state index in [0.29, 0.717) is 10.7 Å². The predicted molar refractivity (Wildman–Crippen MR) is 74.3 cm³/mol. The zero-order valence-electron chi connectivity index (χ0n) is 11.0. The highest BCUT2D eigenvalue weighted by Gasteiger charge is 2.44. The summed E-state index contributed by atoms with van der Waals surface area (Å²) in [7, 11) is 3.46. The van der Waals surface area contributed by atoms with E-state index in [1.54, 1.807) is 37.2 Å². The molecule has 1 aromatic rings. The van der Waals surface area contributed by atoms with Crippen LogP contribution in [-0.4, -0.2) is 52.4 Å². The predicted octanol–water partition coefficient (Wildman–Crippen LogP) is 1.45. The highest BCUT2D eigenvalue weighted by Crippen LogP contribution is 2.42. The molecule has 2 rings (SSSR count). The molecule has 3 atom stereocenters. The lowest BCUT2D eigenvalue weighted by molar-refractivity contribution is -0.149. The molecule has 1 aliphatic rings. The third kappa shape index (κ3) is 2.73. The van der Waals surface area contributed by atoms with Crippen molar-refractivity contribution in [2.24, 2.45) is 5.92 Å². The number of thioether (sulfide) groups is 1. The second-order valence-corrected chi connectivity index (χ2v) is 5.89. The number of carboxylic acids is 2. The molecule has 0 amide bonds. The first-order valence-electron chi connectivity index (χ1n) is 5.96. The minimum Gasteiger partial charge on any atom is -0.481 e. The molecule has 0 bridgehead atoms. The third-order valence-corrected chi connectivity index (χ3v) is 4.50. The Morgan fingerprint density at radius 3 is 2.45 bits per heavy atom. The van der Waals surface area contributed by atoms with Gasteiger partial charge in [0.15, 0.2) is 0 Å². The number of likely N-dealkylation sites (N-methyl/N-ethyl adjacent to an activating group) is 1. The highest BCUT2D eigenvalue weighted by atomic mass is 32.2. The van der Waals surface area contributed by atoms with E-state index >= 15 is 0 Å². The first-order chi connectivity index (χ1) is 9.41. The zero-order valence-corrected chi connectivity index (χ0v) is 11.8. The second kappa shape index (κ2) is 5.72. The molecular weight excluding hydrogens is 282 g/mol. The van der Waals surface area contributed by atoms with E-state index in [9.17, 15) is 19.8 Å². The van der Waals surface area contributed by atoms with Gasteiger partial charge in [-0.15, -0.1) is 11.8 Å². The van der Waals surface area contributed by atoms with Crippen molar-refractivity contribution in [3.8, 4) is 0 Å². The fourth-order valence-electron chi connectivity index (χ4n) is 2.20. The molecule has 0 fully saturated rings. The van der Waals surface area contributed by atoms with Crippen LogP contribution in [0, 0.1) is 5.92 Å². The molecule has 0 radical (unpaired) electrons. The number of nitrogens with zero attached hydrogens (tertiary/aromatic N) is 1. The van der Waals surface area contributed by atoms with Gasteiger partial charge >= 0.3 is 11.9 Å². The van der Waals surface area contributed by atoms with E-state index in [0.717, 1.165) is 11.8 Å². The van der Waals surface area contributed by atoms with E-state index in [4.69, 9.17) is 4.42 Å². The van der Waals surface area contributed by atoms with Gasteiger partial charge in [0.1, 0.15) is 11.0 Å². The molecule has 0 saturated heterocycles. The third-order valence-electron chi connectivity index (χ3n) is 3.16. The van der Waals surface area contributed by atoms with Crippen LogP contribution in [0.2, 0.25) is 0 Å². The largest absolute Gasteiger partial charge is 0.481 e. The van der Waals surface area contributed by atoms with Gasteiger partial charge in [-0.3, -0.25) is 9.59 Å². The van der Waals surface area contributed by atoms with Crippen LogP contribution in [0.4, 0.5) is 0 Å². The van der Waals surface area contributed by atoms with E-state index in [-0.39, 0.29) is 0 Å². The molecule has 1 aliphatic heterocycles. The quantitative estimate of drug-likeness (QED) is 0.869. The molecule has 0 aliphatic carbocycles. The number of carbonyl (C=O) groups is 2. The van der Waals surface area contributed by atoms with Crippen LogP contribution in [0.5, 0.6) is 0 Å². The molecule has 20 heavy (non-hydrogen) atoms. The van der Waals surface area contributed by atoms with Crippen LogP contribution < -0.4 is 0 Å². The van der Waals surface area contributed by atoms with Gasteiger partial charge in [0.05, 0.1) is 12.2 Å². The molecule has 0 spiro atoms. The lowest BCUT2D eigenvalue weighted by atomic mass is 9.93. The molecular formula is C13H15NO5S. The summed E-state index contributed by atoms with van der Waals surface area (Å²) in [6.45, 7) is 0. The van der Waals surface area contributed by atoms with Crippen molar-refractivity contribution in [3.63, 3.8) is 0 Å².